The molecule has 1 aromatic heterocycles. The van der Waals surface area contributed by atoms with Crippen molar-refractivity contribution in [2.24, 2.45) is 0 Å². The summed E-state index contributed by atoms with van der Waals surface area (Å²) in [5.41, 5.74) is 1.32. The van der Waals surface area contributed by atoms with Crippen molar-refractivity contribution in [1.82, 2.24) is 9.88 Å². The Morgan fingerprint density at radius 1 is 1.44 bits per heavy atom. The van der Waals surface area contributed by atoms with Crippen molar-refractivity contribution in [3.05, 3.63) is 41.8 Å². The topological polar surface area (TPSA) is 16.1 Å². The van der Waals surface area contributed by atoms with Crippen LogP contribution in [0.4, 0.5) is 0 Å². The van der Waals surface area contributed by atoms with Gasteiger partial charge in [-0.3, -0.25) is 0 Å². The van der Waals surface area contributed by atoms with Gasteiger partial charge in [-0.2, -0.15) is 0 Å². The van der Waals surface area contributed by atoms with E-state index in [-0.39, 0.29) is 0 Å². The third kappa shape index (κ3) is 1.44. The summed E-state index contributed by atoms with van der Waals surface area (Å²) in [7, 11) is 0. The SMILES string of the molecule is C=CN1[C@@H]2CC[C@@H]1C(c1ccc(Cl)nc1)C2. The van der Waals surface area contributed by atoms with Crippen molar-refractivity contribution in [1.29, 1.82) is 0 Å². The smallest absolute Gasteiger partial charge is 0.129 e. The molecule has 3 heteroatoms. The summed E-state index contributed by atoms with van der Waals surface area (Å²) >= 11 is 5.82. The van der Waals surface area contributed by atoms with Crippen molar-refractivity contribution < 1.29 is 0 Å². The van der Waals surface area contributed by atoms with Gasteiger partial charge in [0.1, 0.15) is 5.15 Å². The second-order valence-electron chi connectivity index (χ2n) is 4.68. The molecule has 2 aliphatic rings. The van der Waals surface area contributed by atoms with Crippen LogP contribution < -0.4 is 0 Å². The summed E-state index contributed by atoms with van der Waals surface area (Å²) < 4.78 is 0. The zero-order valence-corrected chi connectivity index (χ0v) is 9.90. The number of rotatable bonds is 2. The van der Waals surface area contributed by atoms with Crippen LogP contribution in [0.15, 0.2) is 31.1 Å². The maximum atomic E-state index is 5.82. The highest BCUT2D eigenvalue weighted by molar-refractivity contribution is 6.29. The number of nitrogens with zero attached hydrogens (tertiary/aromatic N) is 2. The van der Waals surface area contributed by atoms with E-state index in [0.717, 1.165) is 0 Å². The van der Waals surface area contributed by atoms with Gasteiger partial charge in [0.15, 0.2) is 0 Å². The molecule has 3 rings (SSSR count). The Kier molecular flexibility index (Phi) is 2.40. The summed E-state index contributed by atoms with van der Waals surface area (Å²) in [5.74, 6) is 0.613. The molecule has 2 bridgehead atoms. The first kappa shape index (κ1) is 10.2. The Morgan fingerprint density at radius 2 is 2.31 bits per heavy atom. The second kappa shape index (κ2) is 3.77. The predicted octanol–water partition coefficient (Wildman–Crippen LogP) is 3.20. The molecular weight excluding hydrogens is 220 g/mol. The van der Waals surface area contributed by atoms with Gasteiger partial charge in [-0.1, -0.05) is 24.2 Å². The second-order valence-corrected chi connectivity index (χ2v) is 5.07. The Balaban J connectivity index is 1.87. The molecule has 2 nitrogen and oxygen atoms in total. The molecule has 0 aliphatic carbocycles. The van der Waals surface area contributed by atoms with Crippen LogP contribution in [0.25, 0.3) is 0 Å². The van der Waals surface area contributed by atoms with Gasteiger partial charge in [-0.15, -0.1) is 0 Å². The molecular formula is C13H15ClN2. The maximum Gasteiger partial charge on any atom is 0.129 e. The molecule has 0 amide bonds. The van der Waals surface area contributed by atoms with Gasteiger partial charge in [0, 0.05) is 24.2 Å². The van der Waals surface area contributed by atoms with Crippen molar-refractivity contribution in [3.63, 3.8) is 0 Å². The first-order chi connectivity index (χ1) is 7.79. The largest absolute Gasteiger partial charge is 0.371 e. The minimum Gasteiger partial charge on any atom is -0.371 e. The average molecular weight is 235 g/mol. The molecule has 0 saturated carbocycles. The van der Waals surface area contributed by atoms with Crippen LogP contribution in [0.1, 0.15) is 30.7 Å². The first-order valence-corrected chi connectivity index (χ1v) is 6.19. The molecule has 3 heterocycles. The third-order valence-corrected chi connectivity index (χ3v) is 4.20. The Morgan fingerprint density at radius 3 is 2.94 bits per heavy atom. The highest BCUT2D eigenvalue weighted by Gasteiger charge is 2.44. The number of halogens is 1. The van der Waals surface area contributed by atoms with Gasteiger partial charge in [0.05, 0.1) is 0 Å². The number of fused-ring (bicyclic) bond motifs is 2. The van der Waals surface area contributed by atoms with Gasteiger partial charge in [-0.05, 0) is 37.1 Å². The lowest BCUT2D eigenvalue weighted by atomic mass is 9.85. The summed E-state index contributed by atoms with van der Waals surface area (Å²) in [6.45, 7) is 3.91. The maximum absolute atomic E-state index is 5.82. The summed E-state index contributed by atoms with van der Waals surface area (Å²) in [5, 5.41) is 0.576. The fourth-order valence-corrected chi connectivity index (χ4v) is 3.39. The van der Waals surface area contributed by atoms with Crippen molar-refractivity contribution in [2.75, 3.05) is 0 Å². The Hall–Kier alpha value is -1.02. The van der Waals surface area contributed by atoms with Crippen LogP contribution in [-0.2, 0) is 0 Å². The van der Waals surface area contributed by atoms with E-state index in [0.29, 0.717) is 23.2 Å². The lowest BCUT2D eigenvalue weighted by Gasteiger charge is -2.22. The van der Waals surface area contributed by atoms with Gasteiger partial charge in [0.25, 0.3) is 0 Å². The standard InChI is InChI=1S/C13H15ClN2/c1-2-16-10-4-5-12(16)11(7-10)9-3-6-13(14)15-8-9/h2-3,6,8,10-12H,1,4-5,7H2/t10-,11?,12-/m1/s1. The van der Waals surface area contributed by atoms with Gasteiger partial charge >= 0.3 is 0 Å². The van der Waals surface area contributed by atoms with Crippen LogP contribution in [0.5, 0.6) is 0 Å². The van der Waals surface area contributed by atoms with E-state index >= 15 is 0 Å². The number of hydrogen-bond acceptors (Lipinski definition) is 2. The molecule has 2 saturated heterocycles. The normalized spacial score (nSPS) is 32.1. The van der Waals surface area contributed by atoms with Crippen molar-refractivity contribution in [2.45, 2.75) is 37.3 Å². The van der Waals surface area contributed by atoms with Crippen molar-refractivity contribution in [3.8, 4) is 0 Å². The van der Waals surface area contributed by atoms with Crippen molar-refractivity contribution >= 4 is 11.6 Å². The molecule has 1 unspecified atom stereocenters. The summed E-state index contributed by atoms with van der Waals surface area (Å²) in [6, 6.07) is 5.33. The van der Waals surface area contributed by atoms with Crippen LogP contribution in [-0.4, -0.2) is 22.0 Å². The van der Waals surface area contributed by atoms with Gasteiger partial charge < -0.3 is 4.90 Å². The molecule has 2 aliphatic heterocycles. The van der Waals surface area contributed by atoms with Crippen LogP contribution in [0.2, 0.25) is 5.15 Å². The fraction of sp³-hybridized carbons (Fsp3) is 0.462. The van der Waals surface area contributed by atoms with Crippen LogP contribution >= 0.6 is 11.6 Å². The number of aromatic nitrogens is 1. The minimum atomic E-state index is 0.576. The Labute approximate surface area is 101 Å². The van der Waals surface area contributed by atoms with Crippen LogP contribution in [0, 0.1) is 0 Å². The number of hydrogen-bond donors (Lipinski definition) is 0. The van der Waals surface area contributed by atoms with Crippen LogP contribution in [0.3, 0.4) is 0 Å². The quantitative estimate of drug-likeness (QED) is 0.731. The molecule has 16 heavy (non-hydrogen) atoms. The van der Waals surface area contributed by atoms with E-state index in [1.165, 1.54) is 24.8 Å². The first-order valence-electron chi connectivity index (χ1n) is 5.81. The van der Waals surface area contributed by atoms with E-state index in [1.54, 1.807) is 0 Å². The van der Waals surface area contributed by atoms with Gasteiger partial charge in [0.2, 0.25) is 0 Å². The summed E-state index contributed by atoms with van der Waals surface area (Å²) in [4.78, 5) is 6.61. The minimum absolute atomic E-state index is 0.576. The zero-order chi connectivity index (χ0) is 11.1. The van der Waals surface area contributed by atoms with E-state index in [9.17, 15) is 0 Å². The summed E-state index contributed by atoms with van der Waals surface area (Å²) in [6.07, 6.45) is 7.76. The monoisotopic (exact) mass is 234 g/mol. The molecule has 0 aromatic carbocycles. The lowest BCUT2D eigenvalue weighted by molar-refractivity contribution is 0.349. The molecule has 0 N–H and O–H groups in total. The highest BCUT2D eigenvalue weighted by atomic mass is 35.5. The van der Waals surface area contributed by atoms with E-state index in [1.807, 2.05) is 18.5 Å². The van der Waals surface area contributed by atoms with E-state index < -0.39 is 0 Å². The molecule has 84 valence electrons. The molecule has 0 spiro atoms. The predicted molar refractivity (Wildman–Crippen MR) is 65.5 cm³/mol. The number of pyridine rings is 1. The molecule has 0 radical (unpaired) electrons. The lowest BCUT2D eigenvalue weighted by Crippen LogP contribution is -2.23. The molecule has 1 aromatic rings. The fourth-order valence-electron chi connectivity index (χ4n) is 3.28. The molecule has 3 atom stereocenters. The molecule has 2 fully saturated rings. The van der Waals surface area contributed by atoms with E-state index in [2.05, 4.69) is 22.5 Å². The third-order valence-electron chi connectivity index (χ3n) is 3.98. The average Bonchev–Trinajstić information content (AvgIpc) is 2.86. The highest BCUT2D eigenvalue weighted by Crippen LogP contribution is 2.46. The van der Waals surface area contributed by atoms with Gasteiger partial charge in [-0.25, -0.2) is 4.98 Å². The Bertz CT molecular complexity index is 401. The zero-order valence-electron chi connectivity index (χ0n) is 9.14. The van der Waals surface area contributed by atoms with E-state index in [4.69, 9.17) is 11.6 Å².